The second-order valence-electron chi connectivity index (χ2n) is 3.54. The van der Waals surface area contributed by atoms with Crippen molar-refractivity contribution in [3.05, 3.63) is 29.8 Å². The monoisotopic (exact) mass is 238 g/mol. The van der Waals surface area contributed by atoms with Crippen LogP contribution < -0.4 is 4.72 Å². The van der Waals surface area contributed by atoms with Gasteiger partial charge in [0.2, 0.25) is 10.0 Å². The van der Waals surface area contributed by atoms with Crippen LogP contribution in [0.25, 0.3) is 0 Å². The van der Waals surface area contributed by atoms with E-state index < -0.39 is 15.3 Å². The number of benzene rings is 1. The van der Waals surface area contributed by atoms with Crippen molar-refractivity contribution >= 4 is 15.7 Å². The maximum atomic E-state index is 11.7. The Hall–Kier alpha value is -1.54. The van der Waals surface area contributed by atoms with Crippen LogP contribution in [-0.2, 0) is 10.0 Å². The van der Waals surface area contributed by atoms with Gasteiger partial charge in [-0.3, -0.25) is 4.72 Å². The van der Waals surface area contributed by atoms with Gasteiger partial charge in [0.1, 0.15) is 0 Å². The predicted octanol–water partition coefficient (Wildman–Crippen LogP) is 2.04. The number of aryl methyl sites for hydroxylation is 1. The van der Waals surface area contributed by atoms with E-state index >= 15 is 0 Å². The van der Waals surface area contributed by atoms with Crippen LogP contribution in [0.4, 0.5) is 5.69 Å². The molecule has 1 aromatic rings. The van der Waals surface area contributed by atoms with E-state index in [1.54, 1.807) is 31.2 Å². The molecule has 1 unspecified atom stereocenters. The van der Waals surface area contributed by atoms with Crippen LogP contribution in [0.3, 0.4) is 0 Å². The third-order valence-corrected chi connectivity index (χ3v) is 3.88. The normalized spacial score (nSPS) is 12.8. The molecule has 0 radical (unpaired) electrons. The first kappa shape index (κ1) is 12.5. The fourth-order valence-corrected chi connectivity index (χ4v) is 2.50. The summed E-state index contributed by atoms with van der Waals surface area (Å²) in [5, 5.41) is 7.72. The van der Waals surface area contributed by atoms with Crippen LogP contribution in [-0.4, -0.2) is 13.7 Å². The minimum absolute atomic E-state index is 0.275. The lowest BCUT2D eigenvalue weighted by Gasteiger charge is -2.11. The van der Waals surface area contributed by atoms with Gasteiger partial charge >= 0.3 is 0 Å². The fourth-order valence-electron chi connectivity index (χ4n) is 1.32. The Labute approximate surface area is 96.0 Å². The summed E-state index contributed by atoms with van der Waals surface area (Å²) in [6, 6.07) is 8.80. The van der Waals surface area contributed by atoms with Crippen molar-refractivity contribution in [2.45, 2.75) is 25.5 Å². The van der Waals surface area contributed by atoms with Gasteiger partial charge in [-0.05, 0) is 31.0 Å². The molecule has 0 fully saturated rings. The smallest absolute Gasteiger partial charge is 0.249 e. The number of nitrogens with zero attached hydrogens (tertiary/aromatic N) is 1. The quantitative estimate of drug-likeness (QED) is 0.872. The van der Waals surface area contributed by atoms with Gasteiger partial charge in [-0.1, -0.05) is 19.1 Å². The Morgan fingerprint density at radius 3 is 2.69 bits per heavy atom. The minimum Gasteiger partial charge on any atom is -0.282 e. The zero-order valence-corrected chi connectivity index (χ0v) is 10.1. The molecule has 0 amide bonds. The van der Waals surface area contributed by atoms with Crippen molar-refractivity contribution in [3.63, 3.8) is 0 Å². The molecule has 0 spiro atoms. The van der Waals surface area contributed by atoms with E-state index in [1.807, 2.05) is 13.0 Å². The molecule has 1 atom stereocenters. The molecule has 1 N–H and O–H groups in total. The summed E-state index contributed by atoms with van der Waals surface area (Å²) in [5.41, 5.74) is 1.46. The summed E-state index contributed by atoms with van der Waals surface area (Å²) >= 11 is 0. The molecule has 4 nitrogen and oxygen atoms in total. The molecule has 1 rings (SSSR count). The first-order valence-electron chi connectivity index (χ1n) is 4.97. The first-order chi connectivity index (χ1) is 7.49. The largest absolute Gasteiger partial charge is 0.282 e. The van der Waals surface area contributed by atoms with E-state index in [-0.39, 0.29) is 6.42 Å². The molecule has 0 aromatic heterocycles. The van der Waals surface area contributed by atoms with Crippen molar-refractivity contribution < 1.29 is 8.42 Å². The van der Waals surface area contributed by atoms with Crippen LogP contribution in [0.5, 0.6) is 0 Å². The van der Waals surface area contributed by atoms with Crippen molar-refractivity contribution in [1.82, 2.24) is 0 Å². The van der Waals surface area contributed by atoms with Gasteiger partial charge in [0, 0.05) is 5.69 Å². The average Bonchev–Trinajstić information content (AvgIpc) is 2.18. The Bertz CT molecular complexity index is 503. The zero-order chi connectivity index (χ0) is 12.2. The van der Waals surface area contributed by atoms with E-state index in [2.05, 4.69) is 4.72 Å². The first-order valence-corrected chi connectivity index (χ1v) is 6.52. The summed E-state index contributed by atoms with van der Waals surface area (Å²) in [6.07, 6.45) is 0.275. The predicted molar refractivity (Wildman–Crippen MR) is 63.4 cm³/mol. The van der Waals surface area contributed by atoms with Crippen LogP contribution in [0.15, 0.2) is 24.3 Å². The molecule has 0 saturated carbocycles. The van der Waals surface area contributed by atoms with Gasteiger partial charge in [-0.25, -0.2) is 8.42 Å². The van der Waals surface area contributed by atoms with Crippen LogP contribution in [0.2, 0.25) is 0 Å². The van der Waals surface area contributed by atoms with Crippen LogP contribution >= 0.6 is 0 Å². The molecule has 1 aromatic carbocycles. The minimum atomic E-state index is -3.60. The number of sulfonamides is 1. The van der Waals surface area contributed by atoms with Gasteiger partial charge in [0.15, 0.2) is 5.25 Å². The molecule has 16 heavy (non-hydrogen) atoms. The number of hydrogen-bond acceptors (Lipinski definition) is 3. The second kappa shape index (κ2) is 4.99. The fraction of sp³-hybridized carbons (Fsp3) is 0.364. The summed E-state index contributed by atoms with van der Waals surface area (Å²) in [7, 11) is -3.60. The van der Waals surface area contributed by atoms with Gasteiger partial charge in [-0.2, -0.15) is 5.26 Å². The molecule has 0 heterocycles. The van der Waals surface area contributed by atoms with Crippen molar-refractivity contribution in [3.8, 4) is 6.07 Å². The highest BCUT2D eigenvalue weighted by molar-refractivity contribution is 7.93. The highest BCUT2D eigenvalue weighted by Gasteiger charge is 2.23. The Kier molecular flexibility index (Phi) is 3.91. The molecular formula is C11H14N2O2S. The molecule has 0 aliphatic rings. The number of anilines is 1. The van der Waals surface area contributed by atoms with Crippen LogP contribution in [0.1, 0.15) is 18.9 Å². The topological polar surface area (TPSA) is 70.0 Å². The molecule has 5 heteroatoms. The molecular weight excluding hydrogens is 224 g/mol. The van der Waals surface area contributed by atoms with E-state index in [9.17, 15) is 8.42 Å². The highest BCUT2D eigenvalue weighted by Crippen LogP contribution is 2.14. The number of rotatable bonds is 4. The van der Waals surface area contributed by atoms with E-state index in [0.717, 1.165) is 5.56 Å². The Balaban J connectivity index is 2.94. The van der Waals surface area contributed by atoms with Crippen LogP contribution in [0, 0.1) is 18.3 Å². The standard InChI is InChI=1S/C11H14N2O2S/c1-3-11(8-12)16(14,15)13-10-6-4-5-9(2)7-10/h4-7,11,13H,3H2,1-2H3. The lowest BCUT2D eigenvalue weighted by atomic mass is 10.2. The maximum absolute atomic E-state index is 11.7. The van der Waals surface area contributed by atoms with E-state index in [4.69, 9.17) is 5.26 Å². The lowest BCUT2D eigenvalue weighted by molar-refractivity contribution is 0.593. The third kappa shape index (κ3) is 2.97. The Morgan fingerprint density at radius 1 is 1.50 bits per heavy atom. The Morgan fingerprint density at radius 2 is 2.19 bits per heavy atom. The summed E-state index contributed by atoms with van der Waals surface area (Å²) in [6.45, 7) is 3.54. The highest BCUT2D eigenvalue weighted by atomic mass is 32.2. The summed E-state index contributed by atoms with van der Waals surface area (Å²) in [5.74, 6) is 0. The SMILES string of the molecule is CCC(C#N)S(=O)(=O)Nc1cccc(C)c1. The summed E-state index contributed by atoms with van der Waals surface area (Å²) in [4.78, 5) is 0. The van der Waals surface area contributed by atoms with Crippen molar-refractivity contribution in [2.75, 3.05) is 4.72 Å². The van der Waals surface area contributed by atoms with Gasteiger partial charge < -0.3 is 0 Å². The maximum Gasteiger partial charge on any atom is 0.249 e. The lowest BCUT2D eigenvalue weighted by Crippen LogP contribution is -2.25. The molecule has 0 bridgehead atoms. The zero-order valence-electron chi connectivity index (χ0n) is 9.27. The summed E-state index contributed by atoms with van der Waals surface area (Å²) < 4.78 is 25.9. The number of hydrogen-bond donors (Lipinski definition) is 1. The van der Waals surface area contributed by atoms with E-state index in [1.165, 1.54) is 0 Å². The van der Waals surface area contributed by atoms with Crippen molar-refractivity contribution in [2.24, 2.45) is 0 Å². The number of nitriles is 1. The molecule has 0 saturated heterocycles. The average molecular weight is 238 g/mol. The number of nitrogens with one attached hydrogen (secondary N) is 1. The second-order valence-corrected chi connectivity index (χ2v) is 5.41. The third-order valence-electron chi connectivity index (χ3n) is 2.17. The van der Waals surface area contributed by atoms with Gasteiger partial charge in [-0.15, -0.1) is 0 Å². The molecule has 0 aliphatic carbocycles. The molecule has 86 valence electrons. The van der Waals surface area contributed by atoms with Gasteiger partial charge in [0.05, 0.1) is 6.07 Å². The van der Waals surface area contributed by atoms with Crippen molar-refractivity contribution in [1.29, 1.82) is 5.26 Å². The molecule has 0 aliphatic heterocycles. The van der Waals surface area contributed by atoms with E-state index in [0.29, 0.717) is 5.69 Å². The van der Waals surface area contributed by atoms with Gasteiger partial charge in [0.25, 0.3) is 0 Å².